The number of esters is 1. The second kappa shape index (κ2) is 14.5. The van der Waals surface area contributed by atoms with Crippen molar-refractivity contribution in [1.29, 1.82) is 0 Å². The van der Waals surface area contributed by atoms with Crippen LogP contribution in [0.5, 0.6) is 28.7 Å². The molecule has 0 aliphatic carbocycles. The minimum absolute atomic E-state index is 0.0220. The Balaban J connectivity index is 1.51. The standard InChI is InChI=1S/C38H45N3O8/c1-36(2,3)34(44)37(4,5)22-38(6,7)35(45)49-19-18-48-26-15-17-28(30(43)21-26)33-40-31(23-10-12-24(46-8)13-11-23)39-32(41-33)27-16-14-25(47-9)20-29(27)42/h10-17,20-21,42-43H,18-19,22H2,1-9H3. The average Bonchev–Trinajstić information content (AvgIpc) is 3.05. The quantitative estimate of drug-likeness (QED) is 0.109. The van der Waals surface area contributed by atoms with Gasteiger partial charge < -0.3 is 29.2 Å². The summed E-state index contributed by atoms with van der Waals surface area (Å²) >= 11 is 0. The molecule has 1 aromatic heterocycles. The minimum atomic E-state index is -0.888. The number of ketones is 1. The van der Waals surface area contributed by atoms with Crippen LogP contribution in [0.2, 0.25) is 0 Å². The third-order valence-electron chi connectivity index (χ3n) is 7.96. The molecule has 0 aliphatic heterocycles. The minimum Gasteiger partial charge on any atom is -0.507 e. The average molecular weight is 672 g/mol. The monoisotopic (exact) mass is 671 g/mol. The van der Waals surface area contributed by atoms with Crippen molar-refractivity contribution in [3.63, 3.8) is 0 Å². The van der Waals surface area contributed by atoms with E-state index < -0.39 is 22.2 Å². The van der Waals surface area contributed by atoms with E-state index in [1.165, 1.54) is 19.2 Å². The van der Waals surface area contributed by atoms with E-state index in [4.69, 9.17) is 18.9 Å². The molecular weight excluding hydrogens is 626 g/mol. The first-order chi connectivity index (χ1) is 22.9. The normalized spacial score (nSPS) is 11.9. The number of carbonyl (C=O) groups is 2. The molecule has 0 amide bonds. The number of phenolic OH excluding ortho intramolecular Hbond substituents is 2. The highest BCUT2D eigenvalue weighted by Crippen LogP contribution is 2.40. The molecule has 0 unspecified atom stereocenters. The molecule has 4 rings (SSSR count). The van der Waals surface area contributed by atoms with Crippen LogP contribution in [-0.4, -0.2) is 64.4 Å². The van der Waals surface area contributed by atoms with Crippen LogP contribution in [-0.2, 0) is 14.3 Å². The van der Waals surface area contributed by atoms with Crippen LogP contribution in [0.3, 0.4) is 0 Å². The van der Waals surface area contributed by atoms with Gasteiger partial charge in [-0.15, -0.1) is 0 Å². The van der Waals surface area contributed by atoms with Crippen molar-refractivity contribution in [1.82, 2.24) is 15.0 Å². The van der Waals surface area contributed by atoms with Crippen LogP contribution in [0, 0.1) is 16.2 Å². The van der Waals surface area contributed by atoms with E-state index in [1.807, 2.05) is 34.6 Å². The molecule has 4 aromatic rings. The number of Topliss-reactive ketones (excluding diaryl/α,β-unsaturated/α-hetero) is 1. The summed E-state index contributed by atoms with van der Waals surface area (Å²) in [5.74, 6) is 1.55. The van der Waals surface area contributed by atoms with Crippen LogP contribution in [0.1, 0.15) is 54.9 Å². The van der Waals surface area contributed by atoms with Crippen molar-refractivity contribution in [2.45, 2.75) is 54.9 Å². The van der Waals surface area contributed by atoms with Crippen molar-refractivity contribution < 1.29 is 38.7 Å². The Morgan fingerprint density at radius 2 is 1.12 bits per heavy atom. The van der Waals surface area contributed by atoms with E-state index in [2.05, 4.69) is 15.0 Å². The molecule has 1 heterocycles. The summed E-state index contributed by atoms with van der Waals surface area (Å²) in [6, 6.07) is 16.6. The van der Waals surface area contributed by atoms with Crippen molar-refractivity contribution in [2.24, 2.45) is 16.2 Å². The molecule has 11 nitrogen and oxygen atoms in total. The molecule has 0 spiro atoms. The highest BCUT2D eigenvalue weighted by Gasteiger charge is 2.43. The fourth-order valence-corrected chi connectivity index (χ4v) is 5.87. The lowest BCUT2D eigenvalue weighted by Crippen LogP contribution is -2.41. The van der Waals surface area contributed by atoms with Crippen molar-refractivity contribution in [3.05, 3.63) is 60.7 Å². The number of carbonyl (C=O) groups excluding carboxylic acids is 2. The zero-order valence-corrected chi connectivity index (χ0v) is 29.6. The predicted octanol–water partition coefficient (Wildman–Crippen LogP) is 7.28. The van der Waals surface area contributed by atoms with Gasteiger partial charge in [-0.05, 0) is 68.8 Å². The van der Waals surface area contributed by atoms with Crippen molar-refractivity contribution in [3.8, 4) is 62.9 Å². The van der Waals surface area contributed by atoms with Crippen LogP contribution >= 0.6 is 0 Å². The number of benzene rings is 3. The molecular formula is C38H45N3O8. The number of aromatic hydroxyl groups is 2. The van der Waals surface area contributed by atoms with Gasteiger partial charge in [0.05, 0.1) is 30.8 Å². The van der Waals surface area contributed by atoms with E-state index in [-0.39, 0.29) is 42.1 Å². The SMILES string of the molecule is COc1ccc(-c2nc(-c3ccc(OC)cc3O)nc(-c3ccc(OCCOC(=O)C(C)(C)CC(C)(C)C(=O)C(C)(C)C)cc3O)n2)cc1. The number of phenols is 2. The molecule has 0 radical (unpaired) electrons. The van der Waals surface area contributed by atoms with E-state index in [0.29, 0.717) is 46.2 Å². The van der Waals surface area contributed by atoms with Gasteiger partial charge in [-0.1, -0.05) is 34.6 Å². The van der Waals surface area contributed by atoms with Gasteiger partial charge in [0.25, 0.3) is 0 Å². The van der Waals surface area contributed by atoms with E-state index >= 15 is 0 Å². The first kappa shape index (κ1) is 36.6. The van der Waals surface area contributed by atoms with Crippen molar-refractivity contribution in [2.75, 3.05) is 27.4 Å². The Kier molecular flexibility index (Phi) is 10.9. The maximum atomic E-state index is 13.0. The van der Waals surface area contributed by atoms with E-state index in [9.17, 15) is 19.8 Å². The van der Waals surface area contributed by atoms with Gasteiger partial charge in [0, 0.05) is 28.5 Å². The molecule has 0 bridgehead atoms. The number of hydrogen-bond donors (Lipinski definition) is 2. The highest BCUT2D eigenvalue weighted by atomic mass is 16.6. The fraction of sp³-hybridized carbons (Fsp3) is 0.395. The Labute approximate surface area is 287 Å². The smallest absolute Gasteiger partial charge is 0.311 e. The third-order valence-corrected chi connectivity index (χ3v) is 7.96. The highest BCUT2D eigenvalue weighted by molar-refractivity contribution is 5.89. The van der Waals surface area contributed by atoms with Crippen LogP contribution in [0.15, 0.2) is 60.7 Å². The first-order valence-electron chi connectivity index (χ1n) is 15.9. The number of hydrogen-bond acceptors (Lipinski definition) is 11. The first-order valence-corrected chi connectivity index (χ1v) is 15.9. The Bertz CT molecular complexity index is 1810. The number of rotatable bonds is 13. The Morgan fingerprint density at radius 1 is 0.633 bits per heavy atom. The number of ether oxygens (including phenoxy) is 4. The van der Waals surface area contributed by atoms with Gasteiger partial charge >= 0.3 is 5.97 Å². The predicted molar refractivity (Wildman–Crippen MR) is 186 cm³/mol. The van der Waals surface area contributed by atoms with E-state index in [1.54, 1.807) is 69.5 Å². The second-order valence-corrected chi connectivity index (χ2v) is 14.1. The van der Waals surface area contributed by atoms with Gasteiger partial charge in [-0.3, -0.25) is 9.59 Å². The lowest BCUT2D eigenvalue weighted by Gasteiger charge is -2.36. The fourth-order valence-electron chi connectivity index (χ4n) is 5.87. The summed E-state index contributed by atoms with van der Waals surface area (Å²) in [5.41, 5.74) is -0.801. The summed E-state index contributed by atoms with van der Waals surface area (Å²) in [4.78, 5) is 39.7. The van der Waals surface area contributed by atoms with Gasteiger partial charge in [0.15, 0.2) is 17.5 Å². The summed E-state index contributed by atoms with van der Waals surface area (Å²) in [6.07, 6.45) is 0.335. The number of nitrogens with zero attached hydrogens (tertiary/aromatic N) is 3. The molecule has 2 N–H and O–H groups in total. The van der Waals surface area contributed by atoms with Crippen LogP contribution in [0.25, 0.3) is 34.2 Å². The summed E-state index contributed by atoms with van der Waals surface area (Å²) in [5, 5.41) is 21.8. The third kappa shape index (κ3) is 8.84. The summed E-state index contributed by atoms with van der Waals surface area (Å²) in [7, 11) is 3.08. The van der Waals surface area contributed by atoms with Gasteiger partial charge in [-0.25, -0.2) is 15.0 Å². The number of aromatic nitrogens is 3. The molecule has 0 aliphatic rings. The Hall–Kier alpha value is -5.19. The molecule has 0 saturated heterocycles. The van der Waals surface area contributed by atoms with Crippen LogP contribution in [0.4, 0.5) is 0 Å². The Morgan fingerprint density at radius 3 is 1.63 bits per heavy atom. The molecule has 3 aromatic carbocycles. The molecule has 0 fully saturated rings. The van der Waals surface area contributed by atoms with Crippen LogP contribution < -0.4 is 14.2 Å². The summed E-state index contributed by atoms with van der Waals surface area (Å²) < 4.78 is 21.8. The molecule has 0 atom stereocenters. The topological polar surface area (TPSA) is 150 Å². The molecule has 0 saturated carbocycles. The lowest BCUT2D eigenvalue weighted by atomic mass is 9.67. The molecule has 49 heavy (non-hydrogen) atoms. The molecule has 11 heteroatoms. The maximum Gasteiger partial charge on any atom is 0.311 e. The largest absolute Gasteiger partial charge is 0.507 e. The second-order valence-electron chi connectivity index (χ2n) is 14.1. The zero-order chi connectivity index (χ0) is 36.1. The maximum absolute atomic E-state index is 13.0. The number of methoxy groups -OCH3 is 2. The zero-order valence-electron chi connectivity index (χ0n) is 29.6. The van der Waals surface area contributed by atoms with E-state index in [0.717, 1.165) is 0 Å². The van der Waals surface area contributed by atoms with Crippen molar-refractivity contribution >= 4 is 11.8 Å². The van der Waals surface area contributed by atoms with Gasteiger partial charge in [0.1, 0.15) is 47.7 Å². The summed E-state index contributed by atoms with van der Waals surface area (Å²) in [6.45, 7) is 12.9. The van der Waals surface area contributed by atoms with Gasteiger partial charge in [-0.2, -0.15) is 0 Å². The lowest BCUT2D eigenvalue weighted by molar-refractivity contribution is -0.157. The van der Waals surface area contributed by atoms with Gasteiger partial charge in [0.2, 0.25) is 0 Å². The molecule has 260 valence electrons.